The molecule has 1 aromatic carbocycles. The van der Waals surface area contributed by atoms with Crippen molar-refractivity contribution in [3.8, 4) is 5.75 Å². The molecule has 1 heterocycles. The molecule has 0 spiro atoms. The normalized spacial score (nSPS) is 12.4. The van der Waals surface area contributed by atoms with Gasteiger partial charge in [-0.15, -0.1) is 0 Å². The first-order chi connectivity index (χ1) is 9.02. The smallest absolute Gasteiger partial charge is 0.216 e. The van der Waals surface area contributed by atoms with Gasteiger partial charge in [0.1, 0.15) is 0 Å². The number of methoxy groups -OCH3 is 1. The zero-order chi connectivity index (χ0) is 14.0. The number of rotatable bonds is 4. The van der Waals surface area contributed by atoms with Crippen molar-refractivity contribution in [2.24, 2.45) is 0 Å². The number of ether oxygens (including phenoxy) is 1. The summed E-state index contributed by atoms with van der Waals surface area (Å²) in [6.45, 7) is 4.04. The summed E-state index contributed by atoms with van der Waals surface area (Å²) < 4.78 is 18.6. The summed E-state index contributed by atoms with van der Waals surface area (Å²) in [6.07, 6.45) is 1.84. The van der Waals surface area contributed by atoms with E-state index in [2.05, 4.69) is 10.3 Å². The topological polar surface area (TPSA) is 54.1 Å². The van der Waals surface area contributed by atoms with Crippen LogP contribution < -0.4 is 10.1 Å². The number of carbonyl (C=O) groups is 1. The molecule has 0 radical (unpaired) electrons. The Balaban J connectivity index is 2.35. The van der Waals surface area contributed by atoms with Crippen LogP contribution >= 0.6 is 0 Å². The molecule has 1 amide bonds. The summed E-state index contributed by atoms with van der Waals surface area (Å²) >= 11 is 0. The SMILES string of the molecule is COc1cc2c([C@@H](C)CNC(C)=O)c[nH]c2cc1F. The van der Waals surface area contributed by atoms with Crippen molar-refractivity contribution in [2.45, 2.75) is 19.8 Å². The summed E-state index contributed by atoms with van der Waals surface area (Å²) in [6, 6.07) is 3.10. The molecular weight excluding hydrogens is 247 g/mol. The van der Waals surface area contributed by atoms with Gasteiger partial charge < -0.3 is 15.0 Å². The number of aromatic nitrogens is 1. The zero-order valence-corrected chi connectivity index (χ0v) is 11.2. The summed E-state index contributed by atoms with van der Waals surface area (Å²) in [5.41, 5.74) is 1.75. The van der Waals surface area contributed by atoms with Crippen molar-refractivity contribution in [3.05, 3.63) is 29.7 Å². The number of aromatic amines is 1. The van der Waals surface area contributed by atoms with Crippen LogP contribution in [0.2, 0.25) is 0 Å². The fourth-order valence-electron chi connectivity index (χ4n) is 2.12. The lowest BCUT2D eigenvalue weighted by Crippen LogP contribution is -2.24. The third-order valence-electron chi connectivity index (χ3n) is 3.17. The third kappa shape index (κ3) is 2.70. The molecule has 0 bridgehead atoms. The predicted octanol–water partition coefficient (Wildman–Crippen LogP) is 2.56. The first kappa shape index (κ1) is 13.4. The number of amides is 1. The van der Waals surface area contributed by atoms with Crippen LogP contribution in [-0.2, 0) is 4.79 Å². The molecule has 1 aromatic heterocycles. The van der Waals surface area contributed by atoms with E-state index in [-0.39, 0.29) is 17.6 Å². The average molecular weight is 264 g/mol. The Morgan fingerprint density at radius 1 is 1.53 bits per heavy atom. The number of hydrogen-bond acceptors (Lipinski definition) is 2. The first-order valence-corrected chi connectivity index (χ1v) is 6.12. The highest BCUT2D eigenvalue weighted by Gasteiger charge is 2.14. The minimum absolute atomic E-state index is 0.0599. The highest BCUT2D eigenvalue weighted by molar-refractivity contribution is 5.85. The van der Waals surface area contributed by atoms with E-state index in [9.17, 15) is 9.18 Å². The molecule has 0 saturated heterocycles. The standard InChI is InChI=1S/C14H17FN2O2/c1-8(6-16-9(2)18)11-7-17-13-5-12(15)14(19-3)4-10(11)13/h4-5,7-8,17H,6H2,1-3H3,(H,16,18)/t8-/m0/s1. The molecular formula is C14H17FN2O2. The number of H-pyrrole nitrogens is 1. The Labute approximate surface area is 111 Å². The van der Waals surface area contributed by atoms with Gasteiger partial charge in [-0.05, 0) is 11.6 Å². The number of fused-ring (bicyclic) bond motifs is 1. The van der Waals surface area contributed by atoms with Crippen LogP contribution in [0.15, 0.2) is 18.3 Å². The van der Waals surface area contributed by atoms with Gasteiger partial charge >= 0.3 is 0 Å². The van der Waals surface area contributed by atoms with Crippen LogP contribution in [0.25, 0.3) is 10.9 Å². The maximum absolute atomic E-state index is 13.6. The maximum atomic E-state index is 13.6. The molecule has 0 aliphatic rings. The van der Waals surface area contributed by atoms with E-state index in [0.717, 1.165) is 16.5 Å². The van der Waals surface area contributed by atoms with Gasteiger partial charge in [-0.3, -0.25) is 4.79 Å². The van der Waals surface area contributed by atoms with Gasteiger partial charge in [-0.2, -0.15) is 0 Å². The van der Waals surface area contributed by atoms with Crippen LogP contribution in [0.3, 0.4) is 0 Å². The zero-order valence-electron chi connectivity index (χ0n) is 11.2. The number of benzene rings is 1. The second-order valence-electron chi connectivity index (χ2n) is 4.61. The van der Waals surface area contributed by atoms with Gasteiger partial charge in [0.15, 0.2) is 11.6 Å². The first-order valence-electron chi connectivity index (χ1n) is 6.12. The molecule has 0 unspecified atom stereocenters. The van der Waals surface area contributed by atoms with Gasteiger partial charge in [0.25, 0.3) is 0 Å². The summed E-state index contributed by atoms with van der Waals surface area (Å²) in [5.74, 6) is -0.0962. The van der Waals surface area contributed by atoms with Crippen LogP contribution in [-0.4, -0.2) is 24.5 Å². The molecule has 2 rings (SSSR count). The second kappa shape index (κ2) is 5.30. The fourth-order valence-corrected chi connectivity index (χ4v) is 2.12. The molecule has 0 fully saturated rings. The lowest BCUT2D eigenvalue weighted by Gasteiger charge is -2.11. The van der Waals surface area contributed by atoms with E-state index in [1.807, 2.05) is 13.1 Å². The van der Waals surface area contributed by atoms with Gasteiger partial charge in [0.05, 0.1) is 7.11 Å². The molecule has 0 aliphatic carbocycles. The van der Waals surface area contributed by atoms with Crippen molar-refractivity contribution < 1.29 is 13.9 Å². The van der Waals surface area contributed by atoms with E-state index in [0.29, 0.717) is 6.54 Å². The maximum Gasteiger partial charge on any atom is 0.216 e. The quantitative estimate of drug-likeness (QED) is 0.891. The summed E-state index contributed by atoms with van der Waals surface area (Å²) in [7, 11) is 1.44. The van der Waals surface area contributed by atoms with Gasteiger partial charge in [-0.25, -0.2) is 4.39 Å². The van der Waals surface area contributed by atoms with Crippen molar-refractivity contribution in [1.29, 1.82) is 0 Å². The molecule has 0 saturated carbocycles. The number of nitrogens with one attached hydrogen (secondary N) is 2. The van der Waals surface area contributed by atoms with Crippen LogP contribution in [0.4, 0.5) is 4.39 Å². The predicted molar refractivity (Wildman–Crippen MR) is 71.9 cm³/mol. The molecule has 0 aliphatic heterocycles. The molecule has 2 N–H and O–H groups in total. The highest BCUT2D eigenvalue weighted by atomic mass is 19.1. The summed E-state index contributed by atoms with van der Waals surface area (Å²) in [5, 5.41) is 3.69. The van der Waals surface area contributed by atoms with E-state index in [1.165, 1.54) is 20.1 Å². The number of halogens is 1. The second-order valence-corrected chi connectivity index (χ2v) is 4.61. The van der Waals surface area contributed by atoms with Crippen LogP contribution in [0.5, 0.6) is 5.75 Å². The summed E-state index contributed by atoms with van der Waals surface area (Å²) in [4.78, 5) is 14.0. The lowest BCUT2D eigenvalue weighted by atomic mass is 10.0. The van der Waals surface area contributed by atoms with E-state index >= 15 is 0 Å². The van der Waals surface area contributed by atoms with E-state index in [1.54, 1.807) is 6.07 Å². The molecule has 2 aromatic rings. The van der Waals surface area contributed by atoms with Gasteiger partial charge in [0.2, 0.25) is 5.91 Å². The Bertz CT molecular complexity index is 607. The molecule has 5 heteroatoms. The molecule has 1 atom stereocenters. The molecule has 102 valence electrons. The Kier molecular flexibility index (Phi) is 3.74. The Morgan fingerprint density at radius 2 is 2.26 bits per heavy atom. The van der Waals surface area contributed by atoms with Crippen molar-refractivity contribution in [2.75, 3.05) is 13.7 Å². The Morgan fingerprint density at radius 3 is 2.89 bits per heavy atom. The molecule has 4 nitrogen and oxygen atoms in total. The molecule has 19 heavy (non-hydrogen) atoms. The lowest BCUT2D eigenvalue weighted by molar-refractivity contribution is -0.119. The highest BCUT2D eigenvalue weighted by Crippen LogP contribution is 2.30. The van der Waals surface area contributed by atoms with Gasteiger partial charge in [-0.1, -0.05) is 6.92 Å². The fraction of sp³-hybridized carbons (Fsp3) is 0.357. The van der Waals surface area contributed by atoms with Crippen LogP contribution in [0, 0.1) is 5.82 Å². The average Bonchev–Trinajstić information content (AvgIpc) is 2.77. The number of hydrogen-bond donors (Lipinski definition) is 2. The minimum atomic E-state index is -0.391. The van der Waals surface area contributed by atoms with E-state index in [4.69, 9.17) is 4.74 Å². The van der Waals surface area contributed by atoms with Crippen molar-refractivity contribution >= 4 is 16.8 Å². The van der Waals surface area contributed by atoms with Crippen molar-refractivity contribution in [3.63, 3.8) is 0 Å². The van der Waals surface area contributed by atoms with Crippen molar-refractivity contribution in [1.82, 2.24) is 10.3 Å². The largest absolute Gasteiger partial charge is 0.494 e. The monoisotopic (exact) mass is 264 g/mol. The Hall–Kier alpha value is -2.04. The van der Waals surface area contributed by atoms with Crippen LogP contribution in [0.1, 0.15) is 25.3 Å². The van der Waals surface area contributed by atoms with E-state index < -0.39 is 5.82 Å². The third-order valence-corrected chi connectivity index (χ3v) is 3.17. The van der Waals surface area contributed by atoms with Gasteiger partial charge in [0, 0.05) is 42.6 Å². The minimum Gasteiger partial charge on any atom is -0.494 e. The number of carbonyl (C=O) groups excluding carboxylic acids is 1.